The smallest absolute Gasteiger partial charge is 0.236 e. The molecule has 2 aliphatic heterocycles. The molecule has 1 N–H and O–H groups in total. The summed E-state index contributed by atoms with van der Waals surface area (Å²) in [5, 5.41) is 9.16. The summed E-state index contributed by atoms with van der Waals surface area (Å²) >= 11 is 0. The molecule has 0 aromatic heterocycles. The highest BCUT2D eigenvalue weighted by Gasteiger charge is 2.30. The Bertz CT molecular complexity index is 254. The second-order valence-electron chi connectivity index (χ2n) is 5.59. The molecule has 2 rings (SSSR count). The van der Waals surface area contributed by atoms with Crippen LogP contribution in [-0.4, -0.2) is 59.6 Å². The first-order valence-corrected chi connectivity index (χ1v) is 6.22. The minimum absolute atomic E-state index is 0.216. The van der Waals surface area contributed by atoms with E-state index in [4.69, 9.17) is 5.11 Å². The Morgan fingerprint density at radius 2 is 1.75 bits per heavy atom. The SMILES string of the molecule is CC1CC(C)CN(C(=O)CN2CC(O)C2)C1. The topological polar surface area (TPSA) is 43.8 Å². The number of carbonyl (C=O) groups is 1. The fourth-order valence-electron chi connectivity index (χ4n) is 2.83. The summed E-state index contributed by atoms with van der Waals surface area (Å²) in [6.07, 6.45) is 1.01. The van der Waals surface area contributed by atoms with Crippen molar-refractivity contribution < 1.29 is 9.90 Å². The molecule has 0 radical (unpaired) electrons. The van der Waals surface area contributed by atoms with E-state index in [1.54, 1.807) is 0 Å². The standard InChI is InChI=1S/C12H22N2O2/c1-9-3-10(2)5-14(4-9)12(16)8-13-6-11(15)7-13/h9-11,15H,3-8H2,1-2H3. The van der Waals surface area contributed by atoms with Crippen molar-refractivity contribution in [2.45, 2.75) is 26.4 Å². The van der Waals surface area contributed by atoms with Gasteiger partial charge in [-0.25, -0.2) is 0 Å². The maximum atomic E-state index is 12.0. The fourth-order valence-corrected chi connectivity index (χ4v) is 2.83. The zero-order valence-electron chi connectivity index (χ0n) is 10.2. The molecule has 0 spiro atoms. The lowest BCUT2D eigenvalue weighted by molar-refractivity contribution is -0.137. The van der Waals surface area contributed by atoms with Gasteiger partial charge in [0, 0.05) is 26.2 Å². The van der Waals surface area contributed by atoms with Gasteiger partial charge >= 0.3 is 0 Å². The molecule has 2 fully saturated rings. The largest absolute Gasteiger partial charge is 0.390 e. The van der Waals surface area contributed by atoms with E-state index in [-0.39, 0.29) is 12.0 Å². The van der Waals surface area contributed by atoms with Gasteiger partial charge in [-0.3, -0.25) is 9.69 Å². The van der Waals surface area contributed by atoms with E-state index in [0.29, 0.717) is 31.5 Å². The quantitative estimate of drug-likeness (QED) is 0.730. The van der Waals surface area contributed by atoms with E-state index in [2.05, 4.69) is 13.8 Å². The predicted molar refractivity (Wildman–Crippen MR) is 62.0 cm³/mol. The van der Waals surface area contributed by atoms with Crippen molar-refractivity contribution in [1.29, 1.82) is 0 Å². The van der Waals surface area contributed by atoms with Crippen LogP contribution in [0.2, 0.25) is 0 Å². The molecule has 4 nitrogen and oxygen atoms in total. The molecule has 0 aromatic carbocycles. The molecular weight excluding hydrogens is 204 g/mol. The molecule has 2 saturated heterocycles. The second-order valence-corrected chi connectivity index (χ2v) is 5.59. The van der Waals surface area contributed by atoms with E-state index in [9.17, 15) is 4.79 Å². The van der Waals surface area contributed by atoms with Crippen LogP contribution in [0.5, 0.6) is 0 Å². The lowest BCUT2D eigenvalue weighted by Crippen LogP contribution is -2.55. The Balaban J connectivity index is 1.79. The third kappa shape index (κ3) is 2.74. The minimum Gasteiger partial charge on any atom is -0.390 e. The van der Waals surface area contributed by atoms with Gasteiger partial charge in [-0.15, -0.1) is 0 Å². The molecule has 0 saturated carbocycles. The number of hydrogen-bond donors (Lipinski definition) is 1. The minimum atomic E-state index is -0.216. The highest BCUT2D eigenvalue weighted by atomic mass is 16.3. The molecule has 0 aromatic rings. The Morgan fingerprint density at radius 1 is 1.19 bits per heavy atom. The van der Waals surface area contributed by atoms with E-state index < -0.39 is 0 Å². The Hall–Kier alpha value is -0.610. The van der Waals surface area contributed by atoms with Crippen LogP contribution in [-0.2, 0) is 4.79 Å². The van der Waals surface area contributed by atoms with Gasteiger partial charge in [0.15, 0.2) is 0 Å². The number of rotatable bonds is 2. The molecule has 4 heteroatoms. The zero-order valence-corrected chi connectivity index (χ0v) is 10.2. The van der Waals surface area contributed by atoms with Gasteiger partial charge in [-0.2, -0.15) is 0 Å². The number of likely N-dealkylation sites (tertiary alicyclic amines) is 2. The molecule has 16 heavy (non-hydrogen) atoms. The van der Waals surface area contributed by atoms with E-state index in [1.807, 2.05) is 9.80 Å². The first kappa shape index (κ1) is 11.9. The molecule has 0 aliphatic carbocycles. The van der Waals surface area contributed by atoms with Crippen LogP contribution in [0.25, 0.3) is 0 Å². The van der Waals surface area contributed by atoms with E-state index in [1.165, 1.54) is 6.42 Å². The van der Waals surface area contributed by atoms with Crippen molar-refractivity contribution in [2.24, 2.45) is 11.8 Å². The number of aliphatic hydroxyl groups is 1. The zero-order chi connectivity index (χ0) is 11.7. The highest BCUT2D eigenvalue weighted by molar-refractivity contribution is 5.78. The van der Waals surface area contributed by atoms with Crippen LogP contribution in [0.15, 0.2) is 0 Å². The van der Waals surface area contributed by atoms with Crippen LogP contribution in [0.1, 0.15) is 20.3 Å². The summed E-state index contributed by atoms with van der Waals surface area (Å²) in [5.41, 5.74) is 0. The molecule has 2 aliphatic rings. The molecule has 0 bridgehead atoms. The second kappa shape index (κ2) is 4.72. The van der Waals surface area contributed by atoms with Crippen molar-refractivity contribution in [2.75, 3.05) is 32.7 Å². The molecule has 92 valence electrons. The summed E-state index contributed by atoms with van der Waals surface area (Å²) < 4.78 is 0. The first-order chi connectivity index (χ1) is 7.54. The third-order valence-corrected chi connectivity index (χ3v) is 3.52. The average molecular weight is 226 g/mol. The van der Waals surface area contributed by atoms with Gasteiger partial charge in [0.25, 0.3) is 0 Å². The van der Waals surface area contributed by atoms with Gasteiger partial charge < -0.3 is 10.0 Å². The summed E-state index contributed by atoms with van der Waals surface area (Å²) in [4.78, 5) is 16.0. The Kier molecular flexibility index (Phi) is 3.50. The van der Waals surface area contributed by atoms with Gasteiger partial charge in [0.2, 0.25) is 5.91 Å². The van der Waals surface area contributed by atoms with E-state index >= 15 is 0 Å². The summed E-state index contributed by atoms with van der Waals surface area (Å²) in [6.45, 7) is 8.03. The fraction of sp³-hybridized carbons (Fsp3) is 0.917. The van der Waals surface area contributed by atoms with Crippen LogP contribution >= 0.6 is 0 Å². The van der Waals surface area contributed by atoms with Crippen molar-refractivity contribution in [3.8, 4) is 0 Å². The number of aliphatic hydroxyl groups excluding tert-OH is 1. The molecule has 2 unspecified atom stereocenters. The number of amides is 1. The Labute approximate surface area is 97.2 Å². The maximum absolute atomic E-state index is 12.0. The molecule has 2 heterocycles. The predicted octanol–water partition coefficient (Wildman–Crippen LogP) is 0.167. The summed E-state index contributed by atoms with van der Waals surface area (Å²) in [5.74, 6) is 1.47. The van der Waals surface area contributed by atoms with Gasteiger partial charge in [0.1, 0.15) is 0 Å². The van der Waals surface area contributed by atoms with Crippen molar-refractivity contribution in [3.63, 3.8) is 0 Å². The number of carbonyl (C=O) groups excluding carboxylic acids is 1. The van der Waals surface area contributed by atoms with Crippen LogP contribution < -0.4 is 0 Å². The van der Waals surface area contributed by atoms with Gasteiger partial charge in [0.05, 0.1) is 12.6 Å². The monoisotopic (exact) mass is 226 g/mol. The Morgan fingerprint density at radius 3 is 2.25 bits per heavy atom. The molecule has 1 amide bonds. The third-order valence-electron chi connectivity index (χ3n) is 3.52. The lowest BCUT2D eigenvalue weighted by atomic mass is 9.92. The van der Waals surface area contributed by atoms with Crippen LogP contribution in [0.4, 0.5) is 0 Å². The normalized spacial score (nSPS) is 32.6. The molecule has 2 atom stereocenters. The number of piperidine rings is 1. The number of nitrogens with zero attached hydrogens (tertiary/aromatic N) is 2. The average Bonchev–Trinajstić information content (AvgIpc) is 2.13. The first-order valence-electron chi connectivity index (χ1n) is 6.22. The number of β-amino-alcohol motifs (C(OH)–C–C–N with tert-alkyl or cyclic N) is 1. The van der Waals surface area contributed by atoms with Crippen molar-refractivity contribution >= 4 is 5.91 Å². The number of hydrogen-bond acceptors (Lipinski definition) is 3. The van der Waals surface area contributed by atoms with Crippen molar-refractivity contribution in [3.05, 3.63) is 0 Å². The van der Waals surface area contributed by atoms with Crippen LogP contribution in [0.3, 0.4) is 0 Å². The lowest BCUT2D eigenvalue weighted by Gasteiger charge is -2.39. The van der Waals surface area contributed by atoms with Crippen molar-refractivity contribution in [1.82, 2.24) is 9.80 Å². The summed E-state index contributed by atoms with van der Waals surface area (Å²) in [7, 11) is 0. The summed E-state index contributed by atoms with van der Waals surface area (Å²) in [6, 6.07) is 0. The highest BCUT2D eigenvalue weighted by Crippen LogP contribution is 2.21. The molecular formula is C12H22N2O2. The van der Waals surface area contributed by atoms with E-state index in [0.717, 1.165) is 13.1 Å². The van der Waals surface area contributed by atoms with Gasteiger partial charge in [-0.1, -0.05) is 13.8 Å². The van der Waals surface area contributed by atoms with Crippen LogP contribution in [0, 0.1) is 11.8 Å². The van der Waals surface area contributed by atoms with Gasteiger partial charge in [-0.05, 0) is 18.3 Å². The maximum Gasteiger partial charge on any atom is 0.236 e.